The van der Waals surface area contributed by atoms with Crippen molar-refractivity contribution >= 4 is 28.2 Å². The van der Waals surface area contributed by atoms with Gasteiger partial charge >= 0.3 is 5.97 Å². The van der Waals surface area contributed by atoms with Crippen LogP contribution in [0.3, 0.4) is 0 Å². The zero-order valence-corrected chi connectivity index (χ0v) is 14.5. The van der Waals surface area contributed by atoms with Crippen LogP contribution in [0.4, 0.5) is 11.4 Å². The summed E-state index contributed by atoms with van der Waals surface area (Å²) in [5, 5.41) is 13.8. The smallest absolute Gasteiger partial charge is 0.341 e. The lowest BCUT2D eigenvalue weighted by molar-refractivity contribution is 0.0527. The monoisotopic (exact) mass is 336 g/mol. The molecule has 2 N–H and O–H groups in total. The Balaban J connectivity index is 2.23. The number of fused-ring (bicyclic) bond motifs is 1. The van der Waals surface area contributed by atoms with Gasteiger partial charge in [-0.05, 0) is 44.5 Å². The first kappa shape index (κ1) is 16.8. The van der Waals surface area contributed by atoms with Crippen molar-refractivity contribution in [2.45, 2.75) is 20.8 Å². The number of aryl methyl sites for hydroxylation is 2. The summed E-state index contributed by atoms with van der Waals surface area (Å²) in [5.74, 6) is -0.285. The third-order valence-corrected chi connectivity index (χ3v) is 3.92. The number of esters is 1. The molecule has 0 spiro atoms. The number of nitrogens with one attached hydrogen (secondary N) is 1. The highest BCUT2D eigenvalue weighted by Crippen LogP contribution is 2.32. The van der Waals surface area contributed by atoms with Crippen molar-refractivity contribution in [3.05, 3.63) is 59.3 Å². The molecule has 3 aromatic rings. The summed E-state index contributed by atoms with van der Waals surface area (Å²) in [6, 6.07) is 10.8. The van der Waals surface area contributed by atoms with Gasteiger partial charge in [-0.2, -0.15) is 0 Å². The second kappa shape index (κ2) is 6.81. The molecule has 0 unspecified atom stereocenters. The van der Waals surface area contributed by atoms with Crippen LogP contribution in [0.25, 0.3) is 10.9 Å². The van der Waals surface area contributed by atoms with E-state index in [-0.39, 0.29) is 12.4 Å². The molecule has 3 rings (SSSR count). The van der Waals surface area contributed by atoms with Crippen LogP contribution in [-0.2, 0) is 4.74 Å². The van der Waals surface area contributed by atoms with Gasteiger partial charge in [0.2, 0.25) is 0 Å². The minimum absolute atomic E-state index is 0.147. The fourth-order valence-electron chi connectivity index (χ4n) is 2.89. The molecule has 1 heterocycles. The number of anilines is 2. The molecule has 0 aliphatic carbocycles. The van der Waals surface area contributed by atoms with E-state index in [2.05, 4.69) is 16.4 Å². The molecule has 0 saturated carbocycles. The van der Waals surface area contributed by atoms with Crippen molar-refractivity contribution in [2.24, 2.45) is 0 Å². The van der Waals surface area contributed by atoms with E-state index in [0.29, 0.717) is 16.9 Å². The Hall–Kier alpha value is -3.08. The molecule has 128 valence electrons. The summed E-state index contributed by atoms with van der Waals surface area (Å²) in [6.45, 7) is 6.05. The second-order valence-electron chi connectivity index (χ2n) is 5.92. The number of nitrogens with zero attached hydrogens (tertiary/aromatic N) is 1. The second-order valence-corrected chi connectivity index (χ2v) is 5.92. The van der Waals surface area contributed by atoms with Crippen LogP contribution >= 0.6 is 0 Å². The zero-order valence-electron chi connectivity index (χ0n) is 14.5. The van der Waals surface area contributed by atoms with Gasteiger partial charge in [-0.1, -0.05) is 17.7 Å². The standard InChI is InChI=1S/C20H20N2O3/c1-4-25-20(24)17-11-21-18-13(3)8-12(2)9-16(18)19(17)22-14-6-5-7-15(23)10-14/h5-11,23H,4H2,1-3H3,(H,21,22). The maximum absolute atomic E-state index is 12.4. The normalized spacial score (nSPS) is 10.7. The average molecular weight is 336 g/mol. The SMILES string of the molecule is CCOC(=O)c1cnc2c(C)cc(C)cc2c1Nc1cccc(O)c1. The quantitative estimate of drug-likeness (QED) is 0.688. The highest BCUT2D eigenvalue weighted by Gasteiger charge is 2.18. The largest absolute Gasteiger partial charge is 0.508 e. The summed E-state index contributed by atoms with van der Waals surface area (Å²) in [4.78, 5) is 16.8. The van der Waals surface area contributed by atoms with Gasteiger partial charge in [0.05, 0.1) is 17.8 Å². The fraction of sp³-hybridized carbons (Fsp3) is 0.200. The van der Waals surface area contributed by atoms with Crippen LogP contribution in [0.5, 0.6) is 5.75 Å². The summed E-state index contributed by atoms with van der Waals surface area (Å²) >= 11 is 0. The third kappa shape index (κ3) is 3.40. The number of aromatic nitrogens is 1. The number of ether oxygens (including phenoxy) is 1. The summed E-state index contributed by atoms with van der Waals surface area (Å²) < 4.78 is 5.17. The van der Waals surface area contributed by atoms with Crippen molar-refractivity contribution in [1.29, 1.82) is 0 Å². The van der Waals surface area contributed by atoms with E-state index in [9.17, 15) is 9.90 Å². The number of benzene rings is 2. The van der Waals surface area contributed by atoms with Gasteiger partial charge in [0.1, 0.15) is 11.3 Å². The molecule has 0 aliphatic heterocycles. The minimum Gasteiger partial charge on any atom is -0.508 e. The molecule has 5 heteroatoms. The van der Waals surface area contributed by atoms with Crippen molar-refractivity contribution in [2.75, 3.05) is 11.9 Å². The number of phenols is 1. The number of aromatic hydroxyl groups is 1. The van der Waals surface area contributed by atoms with Crippen LogP contribution in [0.2, 0.25) is 0 Å². The number of pyridine rings is 1. The van der Waals surface area contributed by atoms with E-state index in [1.54, 1.807) is 25.1 Å². The maximum Gasteiger partial charge on any atom is 0.341 e. The molecule has 0 aliphatic rings. The van der Waals surface area contributed by atoms with Crippen LogP contribution in [0.1, 0.15) is 28.4 Å². The summed E-state index contributed by atoms with van der Waals surface area (Å²) in [5.41, 5.74) is 4.60. The Morgan fingerprint density at radius 2 is 2.04 bits per heavy atom. The molecule has 2 aromatic carbocycles. The van der Waals surface area contributed by atoms with Gasteiger partial charge in [-0.25, -0.2) is 4.79 Å². The van der Waals surface area contributed by atoms with Crippen LogP contribution < -0.4 is 5.32 Å². The van der Waals surface area contributed by atoms with Gasteiger partial charge in [-0.15, -0.1) is 0 Å². The first-order valence-corrected chi connectivity index (χ1v) is 8.12. The maximum atomic E-state index is 12.4. The molecule has 0 fully saturated rings. The van der Waals surface area contributed by atoms with Gasteiger partial charge in [0.25, 0.3) is 0 Å². The number of rotatable bonds is 4. The van der Waals surface area contributed by atoms with Crippen LogP contribution in [-0.4, -0.2) is 22.7 Å². The molecule has 0 radical (unpaired) electrons. The molecule has 0 amide bonds. The van der Waals surface area contributed by atoms with E-state index in [1.165, 1.54) is 6.20 Å². The fourth-order valence-corrected chi connectivity index (χ4v) is 2.89. The molecule has 1 aromatic heterocycles. The Morgan fingerprint density at radius 3 is 2.76 bits per heavy atom. The van der Waals surface area contributed by atoms with Gasteiger partial charge in [-0.3, -0.25) is 4.98 Å². The Kier molecular flexibility index (Phi) is 4.57. The van der Waals surface area contributed by atoms with Crippen molar-refractivity contribution in [3.8, 4) is 5.75 Å². The summed E-state index contributed by atoms with van der Waals surface area (Å²) in [6.07, 6.45) is 1.54. The lowest BCUT2D eigenvalue weighted by Crippen LogP contribution is -2.09. The number of hydrogen-bond acceptors (Lipinski definition) is 5. The zero-order chi connectivity index (χ0) is 18.0. The predicted molar refractivity (Wildman–Crippen MR) is 98.6 cm³/mol. The van der Waals surface area contributed by atoms with Crippen molar-refractivity contribution in [1.82, 2.24) is 4.98 Å². The molecular formula is C20H20N2O3. The minimum atomic E-state index is -0.432. The van der Waals surface area contributed by atoms with E-state index < -0.39 is 5.97 Å². The first-order valence-electron chi connectivity index (χ1n) is 8.12. The summed E-state index contributed by atoms with van der Waals surface area (Å²) in [7, 11) is 0. The van der Waals surface area contributed by atoms with Gasteiger partial charge < -0.3 is 15.2 Å². The molecule has 25 heavy (non-hydrogen) atoms. The molecule has 0 saturated heterocycles. The molecule has 0 atom stereocenters. The lowest BCUT2D eigenvalue weighted by atomic mass is 10.0. The Labute approximate surface area is 146 Å². The molecular weight excluding hydrogens is 316 g/mol. The van der Waals surface area contributed by atoms with E-state index in [4.69, 9.17) is 4.74 Å². The average Bonchev–Trinajstić information content (AvgIpc) is 2.55. The highest BCUT2D eigenvalue weighted by atomic mass is 16.5. The number of hydrogen-bond donors (Lipinski definition) is 2. The van der Waals surface area contributed by atoms with Crippen LogP contribution in [0.15, 0.2) is 42.6 Å². The van der Waals surface area contributed by atoms with Gasteiger partial charge in [0.15, 0.2) is 0 Å². The number of phenolic OH excluding ortho intramolecular Hbond substituents is 1. The predicted octanol–water partition coefficient (Wildman–Crippen LogP) is 4.48. The van der Waals surface area contributed by atoms with Crippen molar-refractivity contribution in [3.63, 3.8) is 0 Å². The number of carbonyl (C=O) groups is 1. The highest BCUT2D eigenvalue weighted by molar-refractivity contribution is 6.06. The van der Waals surface area contributed by atoms with Gasteiger partial charge in [0, 0.05) is 23.3 Å². The van der Waals surface area contributed by atoms with Crippen molar-refractivity contribution < 1.29 is 14.6 Å². The Bertz CT molecular complexity index is 951. The Morgan fingerprint density at radius 1 is 1.24 bits per heavy atom. The topological polar surface area (TPSA) is 71.5 Å². The van der Waals surface area contributed by atoms with E-state index >= 15 is 0 Å². The van der Waals surface area contributed by atoms with E-state index in [0.717, 1.165) is 22.0 Å². The first-order chi connectivity index (χ1) is 12.0. The van der Waals surface area contributed by atoms with Crippen LogP contribution in [0, 0.1) is 13.8 Å². The number of carbonyl (C=O) groups excluding carboxylic acids is 1. The molecule has 5 nitrogen and oxygen atoms in total. The van der Waals surface area contributed by atoms with E-state index in [1.807, 2.05) is 26.0 Å². The third-order valence-electron chi connectivity index (χ3n) is 3.92. The molecule has 0 bridgehead atoms. The lowest BCUT2D eigenvalue weighted by Gasteiger charge is -2.16.